The predicted molar refractivity (Wildman–Crippen MR) is 102 cm³/mol. The largest absolute Gasteiger partial charge is 0.379 e. The molecule has 7 heteroatoms. The van der Waals surface area contributed by atoms with Crippen LogP contribution in [-0.2, 0) is 16.0 Å². The number of rotatable bonds is 6. The molecule has 1 heterocycles. The van der Waals surface area contributed by atoms with Crippen LogP contribution >= 0.6 is 24.8 Å². The van der Waals surface area contributed by atoms with Crippen molar-refractivity contribution in [2.75, 3.05) is 32.8 Å². The summed E-state index contributed by atoms with van der Waals surface area (Å²) in [7, 11) is 0. The Kier molecular flexibility index (Phi) is 10.5. The summed E-state index contributed by atoms with van der Waals surface area (Å²) in [4.78, 5) is 14.5. The van der Waals surface area contributed by atoms with Crippen molar-refractivity contribution in [3.63, 3.8) is 0 Å². The summed E-state index contributed by atoms with van der Waals surface area (Å²) >= 11 is 0. The lowest BCUT2D eigenvalue weighted by Crippen LogP contribution is -2.56. The Morgan fingerprint density at radius 3 is 2.42 bits per heavy atom. The zero-order valence-electron chi connectivity index (χ0n) is 14.4. The molecule has 1 aliphatic heterocycles. The van der Waals surface area contributed by atoms with Gasteiger partial charge in [0.25, 0.3) is 0 Å². The van der Waals surface area contributed by atoms with E-state index in [1.807, 2.05) is 30.3 Å². The van der Waals surface area contributed by atoms with Gasteiger partial charge in [-0.1, -0.05) is 30.3 Å². The molecule has 24 heavy (non-hydrogen) atoms. The van der Waals surface area contributed by atoms with Crippen molar-refractivity contribution in [3.05, 3.63) is 35.9 Å². The molecule has 3 N–H and O–H groups in total. The molecule has 0 saturated carbocycles. The van der Waals surface area contributed by atoms with Gasteiger partial charge in [0.2, 0.25) is 5.91 Å². The van der Waals surface area contributed by atoms with Crippen LogP contribution in [0, 0.1) is 0 Å². The van der Waals surface area contributed by atoms with E-state index in [-0.39, 0.29) is 36.3 Å². The van der Waals surface area contributed by atoms with E-state index in [4.69, 9.17) is 10.5 Å². The molecule has 1 saturated heterocycles. The van der Waals surface area contributed by atoms with E-state index in [9.17, 15) is 4.79 Å². The third-order valence-corrected chi connectivity index (χ3v) is 4.20. The van der Waals surface area contributed by atoms with Gasteiger partial charge in [-0.2, -0.15) is 0 Å². The number of nitrogens with zero attached hydrogens (tertiary/aromatic N) is 1. The highest BCUT2D eigenvalue weighted by Crippen LogP contribution is 2.15. The second-order valence-electron chi connectivity index (χ2n) is 6.43. The van der Waals surface area contributed by atoms with Gasteiger partial charge in [0.1, 0.15) is 0 Å². The summed E-state index contributed by atoms with van der Waals surface area (Å²) in [5, 5.41) is 2.99. The SMILES string of the molecule is CC(C)(CNC(=O)C(N)Cc1ccccc1)N1CCOCC1.Cl.Cl. The van der Waals surface area contributed by atoms with Crippen LogP contribution in [-0.4, -0.2) is 55.2 Å². The van der Waals surface area contributed by atoms with Gasteiger partial charge in [-0.25, -0.2) is 0 Å². The fourth-order valence-corrected chi connectivity index (χ4v) is 2.68. The summed E-state index contributed by atoms with van der Waals surface area (Å²) < 4.78 is 5.38. The van der Waals surface area contributed by atoms with E-state index in [1.165, 1.54) is 0 Å². The quantitative estimate of drug-likeness (QED) is 0.790. The number of ether oxygens (including phenoxy) is 1. The number of nitrogens with one attached hydrogen (secondary N) is 1. The lowest BCUT2D eigenvalue weighted by Gasteiger charge is -2.41. The van der Waals surface area contributed by atoms with Crippen molar-refractivity contribution in [2.45, 2.75) is 31.8 Å². The molecular weight excluding hydrogens is 349 g/mol. The van der Waals surface area contributed by atoms with Crippen molar-refractivity contribution >= 4 is 30.7 Å². The molecule has 138 valence electrons. The highest BCUT2D eigenvalue weighted by molar-refractivity contribution is 5.85. The minimum Gasteiger partial charge on any atom is -0.379 e. The molecule has 2 rings (SSSR count). The first-order valence-corrected chi connectivity index (χ1v) is 7.89. The third-order valence-electron chi connectivity index (χ3n) is 4.20. The van der Waals surface area contributed by atoms with E-state index in [1.54, 1.807) is 0 Å². The molecule has 0 spiro atoms. The Balaban J connectivity index is 0.00000264. The number of carbonyl (C=O) groups excluding carboxylic acids is 1. The maximum Gasteiger partial charge on any atom is 0.237 e. The zero-order valence-corrected chi connectivity index (χ0v) is 16.0. The highest BCUT2D eigenvalue weighted by atomic mass is 35.5. The molecule has 0 radical (unpaired) electrons. The molecule has 0 aromatic heterocycles. The fraction of sp³-hybridized carbons (Fsp3) is 0.588. The molecule has 0 bridgehead atoms. The Hall–Kier alpha value is -0.850. The second kappa shape index (κ2) is 10.9. The Morgan fingerprint density at radius 1 is 1.25 bits per heavy atom. The average Bonchev–Trinajstić information content (AvgIpc) is 2.54. The maximum atomic E-state index is 12.2. The van der Waals surface area contributed by atoms with E-state index in [2.05, 4.69) is 24.1 Å². The van der Waals surface area contributed by atoms with Crippen LogP contribution < -0.4 is 11.1 Å². The van der Waals surface area contributed by atoms with Crippen LogP contribution in [0.5, 0.6) is 0 Å². The summed E-state index contributed by atoms with van der Waals surface area (Å²) in [5.74, 6) is -0.0924. The van der Waals surface area contributed by atoms with Gasteiger partial charge in [0.15, 0.2) is 0 Å². The number of amides is 1. The van der Waals surface area contributed by atoms with Gasteiger partial charge >= 0.3 is 0 Å². The van der Waals surface area contributed by atoms with E-state index in [0.717, 1.165) is 31.9 Å². The molecule has 0 aliphatic carbocycles. The predicted octanol–water partition coefficient (Wildman–Crippen LogP) is 1.63. The number of hydrogen-bond donors (Lipinski definition) is 2. The first-order valence-electron chi connectivity index (χ1n) is 7.89. The average molecular weight is 378 g/mol. The standard InChI is InChI=1S/C17H27N3O2.2ClH/c1-17(2,20-8-10-22-11-9-20)13-19-16(21)15(18)12-14-6-4-3-5-7-14;;/h3-7,15H,8-13,18H2,1-2H3,(H,19,21);2*1H. The van der Waals surface area contributed by atoms with Gasteiger partial charge in [0, 0.05) is 25.2 Å². The molecule has 1 amide bonds. The Labute approximate surface area is 157 Å². The van der Waals surface area contributed by atoms with E-state index < -0.39 is 6.04 Å². The van der Waals surface area contributed by atoms with Gasteiger partial charge < -0.3 is 15.8 Å². The summed E-state index contributed by atoms with van der Waals surface area (Å²) in [6.45, 7) is 8.19. The van der Waals surface area contributed by atoms with Crippen LogP contribution in [0.1, 0.15) is 19.4 Å². The topological polar surface area (TPSA) is 67.6 Å². The molecule has 1 atom stereocenters. The van der Waals surface area contributed by atoms with Crippen molar-refractivity contribution in [1.82, 2.24) is 10.2 Å². The number of nitrogens with two attached hydrogens (primary N) is 1. The lowest BCUT2D eigenvalue weighted by molar-refractivity contribution is -0.123. The first-order chi connectivity index (χ1) is 10.5. The van der Waals surface area contributed by atoms with Crippen LogP contribution in [0.4, 0.5) is 0 Å². The van der Waals surface area contributed by atoms with Crippen LogP contribution in [0.25, 0.3) is 0 Å². The first kappa shape index (κ1) is 23.1. The van der Waals surface area contributed by atoms with Gasteiger partial charge in [-0.3, -0.25) is 9.69 Å². The molecule has 1 fully saturated rings. The van der Waals surface area contributed by atoms with Crippen LogP contribution in [0.3, 0.4) is 0 Å². The van der Waals surface area contributed by atoms with Crippen molar-refractivity contribution in [1.29, 1.82) is 0 Å². The fourth-order valence-electron chi connectivity index (χ4n) is 2.68. The number of benzene rings is 1. The van der Waals surface area contributed by atoms with Gasteiger partial charge in [-0.05, 0) is 25.8 Å². The summed E-state index contributed by atoms with van der Waals surface area (Å²) in [5.41, 5.74) is 7.00. The molecule has 1 unspecified atom stereocenters. The zero-order chi connectivity index (χ0) is 16.0. The Morgan fingerprint density at radius 2 is 1.83 bits per heavy atom. The minimum absolute atomic E-state index is 0. The highest BCUT2D eigenvalue weighted by Gasteiger charge is 2.29. The number of morpholine rings is 1. The normalized spacial score (nSPS) is 16.5. The Bertz CT molecular complexity index is 480. The van der Waals surface area contributed by atoms with Gasteiger partial charge in [-0.15, -0.1) is 24.8 Å². The van der Waals surface area contributed by atoms with Crippen LogP contribution in [0.15, 0.2) is 30.3 Å². The van der Waals surface area contributed by atoms with Gasteiger partial charge in [0.05, 0.1) is 19.3 Å². The third kappa shape index (κ3) is 6.95. The molecule has 1 aliphatic rings. The summed E-state index contributed by atoms with van der Waals surface area (Å²) in [6.07, 6.45) is 0.560. The van der Waals surface area contributed by atoms with Crippen molar-refractivity contribution in [2.24, 2.45) is 5.73 Å². The monoisotopic (exact) mass is 377 g/mol. The molecule has 1 aromatic carbocycles. The number of halogens is 2. The second-order valence-corrected chi connectivity index (χ2v) is 6.43. The summed E-state index contributed by atoms with van der Waals surface area (Å²) in [6, 6.07) is 9.35. The molecule has 5 nitrogen and oxygen atoms in total. The van der Waals surface area contributed by atoms with E-state index >= 15 is 0 Å². The van der Waals surface area contributed by atoms with Crippen LogP contribution in [0.2, 0.25) is 0 Å². The van der Waals surface area contributed by atoms with Crippen molar-refractivity contribution in [3.8, 4) is 0 Å². The maximum absolute atomic E-state index is 12.2. The molecule has 1 aromatic rings. The van der Waals surface area contributed by atoms with Crippen molar-refractivity contribution < 1.29 is 9.53 Å². The number of hydrogen-bond acceptors (Lipinski definition) is 4. The number of carbonyl (C=O) groups is 1. The van der Waals surface area contributed by atoms with E-state index in [0.29, 0.717) is 13.0 Å². The lowest BCUT2D eigenvalue weighted by atomic mass is 10.0. The smallest absolute Gasteiger partial charge is 0.237 e. The minimum atomic E-state index is -0.511. The molecular formula is C17H29Cl2N3O2.